The Bertz CT molecular complexity index is 514. The largest absolute Gasteiger partial charge is 0.506 e. The van der Waals surface area contributed by atoms with Gasteiger partial charge in [-0.2, -0.15) is 0 Å². The average Bonchev–Trinajstić information content (AvgIpc) is 2.75. The van der Waals surface area contributed by atoms with Gasteiger partial charge in [0.2, 0.25) is 0 Å². The molecular formula is C13H17N3O. The van der Waals surface area contributed by atoms with E-state index in [0.717, 1.165) is 30.7 Å². The number of para-hydroxylation sites is 1. The highest BCUT2D eigenvalue weighted by Crippen LogP contribution is 2.25. The Balaban J connectivity index is 1.89. The molecule has 2 heterocycles. The van der Waals surface area contributed by atoms with Crippen molar-refractivity contribution in [3.8, 4) is 5.75 Å². The number of imidazole rings is 1. The Kier molecular flexibility index (Phi) is 2.73. The maximum atomic E-state index is 9.89. The van der Waals surface area contributed by atoms with Crippen molar-refractivity contribution in [3.63, 3.8) is 0 Å². The first-order valence-electron chi connectivity index (χ1n) is 6.18. The summed E-state index contributed by atoms with van der Waals surface area (Å²) in [6.45, 7) is 3.13. The molecule has 0 saturated carbocycles. The second kappa shape index (κ2) is 4.37. The third-order valence-corrected chi connectivity index (χ3v) is 3.47. The van der Waals surface area contributed by atoms with E-state index in [1.807, 2.05) is 18.5 Å². The molecule has 2 aromatic rings. The van der Waals surface area contributed by atoms with Gasteiger partial charge in [-0.1, -0.05) is 6.07 Å². The van der Waals surface area contributed by atoms with Gasteiger partial charge in [-0.3, -0.25) is 0 Å². The average molecular weight is 231 g/mol. The number of phenols is 1. The van der Waals surface area contributed by atoms with Gasteiger partial charge in [0.1, 0.15) is 11.3 Å². The van der Waals surface area contributed by atoms with Crippen LogP contribution in [0.25, 0.3) is 11.0 Å². The summed E-state index contributed by atoms with van der Waals surface area (Å²) in [5, 5.41) is 13.3. The number of nitrogens with zero attached hydrogens (tertiary/aromatic N) is 2. The molecule has 17 heavy (non-hydrogen) atoms. The molecule has 1 unspecified atom stereocenters. The molecule has 1 aromatic carbocycles. The van der Waals surface area contributed by atoms with Crippen LogP contribution >= 0.6 is 0 Å². The molecule has 1 aromatic heterocycles. The number of hydrogen-bond acceptors (Lipinski definition) is 3. The van der Waals surface area contributed by atoms with Gasteiger partial charge in [-0.15, -0.1) is 0 Å². The van der Waals surface area contributed by atoms with Crippen LogP contribution in [0.1, 0.15) is 12.8 Å². The lowest BCUT2D eigenvalue weighted by Crippen LogP contribution is -2.32. The predicted octanol–water partition coefficient (Wildman–Crippen LogP) is 1.74. The van der Waals surface area contributed by atoms with Crippen molar-refractivity contribution in [2.24, 2.45) is 5.92 Å². The molecule has 3 rings (SSSR count). The highest BCUT2D eigenvalue weighted by atomic mass is 16.3. The molecule has 0 spiro atoms. The summed E-state index contributed by atoms with van der Waals surface area (Å²) in [5.41, 5.74) is 1.73. The Morgan fingerprint density at radius 2 is 2.41 bits per heavy atom. The predicted molar refractivity (Wildman–Crippen MR) is 67.0 cm³/mol. The van der Waals surface area contributed by atoms with Crippen molar-refractivity contribution in [3.05, 3.63) is 24.5 Å². The standard InChI is InChI=1S/C13H17N3O/c17-12-5-1-4-11-13(12)16(9-15-11)8-10-3-2-6-14-7-10/h1,4-5,9-10,14,17H,2-3,6-8H2. The van der Waals surface area contributed by atoms with Crippen molar-refractivity contribution in [2.75, 3.05) is 13.1 Å². The maximum absolute atomic E-state index is 9.89. The minimum absolute atomic E-state index is 0.323. The molecule has 0 aliphatic carbocycles. The van der Waals surface area contributed by atoms with Crippen LogP contribution in [0.15, 0.2) is 24.5 Å². The highest BCUT2D eigenvalue weighted by Gasteiger charge is 2.15. The molecule has 1 fully saturated rings. The highest BCUT2D eigenvalue weighted by molar-refractivity contribution is 5.81. The third-order valence-electron chi connectivity index (χ3n) is 3.47. The summed E-state index contributed by atoms with van der Waals surface area (Å²) in [6.07, 6.45) is 4.32. The van der Waals surface area contributed by atoms with Crippen molar-refractivity contribution < 1.29 is 5.11 Å². The van der Waals surface area contributed by atoms with E-state index in [0.29, 0.717) is 11.7 Å². The van der Waals surface area contributed by atoms with Crippen molar-refractivity contribution in [1.29, 1.82) is 0 Å². The van der Waals surface area contributed by atoms with Crippen LogP contribution in [0, 0.1) is 5.92 Å². The van der Waals surface area contributed by atoms with E-state index in [9.17, 15) is 5.11 Å². The summed E-state index contributed by atoms with van der Waals surface area (Å²) < 4.78 is 2.07. The molecule has 0 radical (unpaired) electrons. The van der Waals surface area contributed by atoms with Crippen LogP contribution in [0.2, 0.25) is 0 Å². The number of piperidine rings is 1. The van der Waals surface area contributed by atoms with E-state index in [2.05, 4.69) is 14.9 Å². The van der Waals surface area contributed by atoms with Gasteiger partial charge in [0.15, 0.2) is 0 Å². The van der Waals surface area contributed by atoms with E-state index in [-0.39, 0.29) is 0 Å². The lowest BCUT2D eigenvalue weighted by Gasteiger charge is -2.23. The number of benzene rings is 1. The Morgan fingerprint density at radius 1 is 1.47 bits per heavy atom. The van der Waals surface area contributed by atoms with Gasteiger partial charge in [0.25, 0.3) is 0 Å². The zero-order valence-corrected chi connectivity index (χ0v) is 9.76. The number of nitrogens with one attached hydrogen (secondary N) is 1. The van der Waals surface area contributed by atoms with Crippen LogP contribution < -0.4 is 5.32 Å². The molecule has 4 nitrogen and oxygen atoms in total. The summed E-state index contributed by atoms with van der Waals surface area (Å²) in [6, 6.07) is 5.49. The molecule has 1 aliphatic rings. The summed E-state index contributed by atoms with van der Waals surface area (Å²) >= 11 is 0. The van der Waals surface area contributed by atoms with Gasteiger partial charge >= 0.3 is 0 Å². The molecule has 2 N–H and O–H groups in total. The Morgan fingerprint density at radius 3 is 3.24 bits per heavy atom. The van der Waals surface area contributed by atoms with Crippen LogP contribution in [0.5, 0.6) is 5.75 Å². The zero-order valence-electron chi connectivity index (χ0n) is 9.76. The first-order chi connectivity index (χ1) is 8.34. The van der Waals surface area contributed by atoms with E-state index in [1.54, 1.807) is 6.07 Å². The molecule has 1 saturated heterocycles. The van der Waals surface area contributed by atoms with Crippen molar-refractivity contribution in [1.82, 2.24) is 14.9 Å². The second-order valence-corrected chi connectivity index (χ2v) is 4.75. The fourth-order valence-electron chi connectivity index (χ4n) is 2.60. The number of phenolic OH excluding ortho intramolecular Hbond substituents is 1. The maximum Gasteiger partial charge on any atom is 0.141 e. The smallest absolute Gasteiger partial charge is 0.141 e. The minimum Gasteiger partial charge on any atom is -0.506 e. The van der Waals surface area contributed by atoms with Gasteiger partial charge in [0.05, 0.1) is 11.8 Å². The SMILES string of the molecule is Oc1cccc2ncn(CC3CCCNC3)c12. The quantitative estimate of drug-likeness (QED) is 0.827. The van der Waals surface area contributed by atoms with E-state index >= 15 is 0 Å². The number of aromatic hydroxyl groups is 1. The van der Waals surface area contributed by atoms with Gasteiger partial charge in [-0.05, 0) is 44.0 Å². The monoisotopic (exact) mass is 231 g/mol. The first-order valence-corrected chi connectivity index (χ1v) is 6.18. The number of rotatable bonds is 2. The summed E-state index contributed by atoms with van der Waals surface area (Å²) in [4.78, 5) is 4.33. The Hall–Kier alpha value is -1.55. The summed E-state index contributed by atoms with van der Waals surface area (Å²) in [5.74, 6) is 0.963. The lowest BCUT2D eigenvalue weighted by molar-refractivity contribution is 0.339. The van der Waals surface area contributed by atoms with Crippen LogP contribution in [-0.2, 0) is 6.54 Å². The lowest BCUT2D eigenvalue weighted by atomic mass is 10.00. The first kappa shape index (κ1) is 10.6. The number of aromatic nitrogens is 2. The van der Waals surface area contributed by atoms with Gasteiger partial charge in [0, 0.05) is 6.54 Å². The number of fused-ring (bicyclic) bond motifs is 1. The molecule has 1 aliphatic heterocycles. The van der Waals surface area contributed by atoms with Crippen LogP contribution in [0.3, 0.4) is 0 Å². The van der Waals surface area contributed by atoms with Crippen LogP contribution in [-0.4, -0.2) is 27.7 Å². The summed E-state index contributed by atoms with van der Waals surface area (Å²) in [7, 11) is 0. The van der Waals surface area contributed by atoms with Gasteiger partial charge < -0.3 is 15.0 Å². The van der Waals surface area contributed by atoms with E-state index < -0.39 is 0 Å². The van der Waals surface area contributed by atoms with Gasteiger partial charge in [-0.25, -0.2) is 4.98 Å². The molecule has 90 valence electrons. The van der Waals surface area contributed by atoms with E-state index in [1.165, 1.54) is 12.8 Å². The second-order valence-electron chi connectivity index (χ2n) is 4.75. The van der Waals surface area contributed by atoms with Crippen molar-refractivity contribution in [2.45, 2.75) is 19.4 Å². The van der Waals surface area contributed by atoms with E-state index in [4.69, 9.17) is 0 Å². The van der Waals surface area contributed by atoms with Crippen molar-refractivity contribution >= 4 is 11.0 Å². The molecule has 0 amide bonds. The number of hydrogen-bond donors (Lipinski definition) is 2. The Labute approximate surface area is 100 Å². The fraction of sp³-hybridized carbons (Fsp3) is 0.462. The third kappa shape index (κ3) is 2.00. The molecule has 4 heteroatoms. The topological polar surface area (TPSA) is 50.1 Å². The fourth-order valence-corrected chi connectivity index (χ4v) is 2.60. The van der Waals surface area contributed by atoms with Crippen LogP contribution in [0.4, 0.5) is 0 Å². The normalized spacial score (nSPS) is 20.8. The molecular weight excluding hydrogens is 214 g/mol. The minimum atomic E-state index is 0.323. The molecule has 0 bridgehead atoms. The zero-order chi connectivity index (χ0) is 11.7. The molecule has 1 atom stereocenters.